The highest BCUT2D eigenvalue weighted by atomic mass is 32.2. The van der Waals surface area contributed by atoms with Gasteiger partial charge in [-0.25, -0.2) is 12.8 Å². The van der Waals surface area contributed by atoms with Gasteiger partial charge >= 0.3 is 0 Å². The lowest BCUT2D eigenvalue weighted by molar-refractivity contribution is -0.130. The molecule has 20 heavy (non-hydrogen) atoms. The Labute approximate surface area is 117 Å². The number of nitrogens with zero attached hydrogens (tertiary/aromatic N) is 2. The van der Waals surface area contributed by atoms with Crippen molar-refractivity contribution >= 4 is 15.9 Å². The monoisotopic (exact) mass is 298 g/mol. The maximum absolute atomic E-state index is 13.2. The van der Waals surface area contributed by atoms with Crippen molar-refractivity contribution in [3.8, 4) is 0 Å². The first-order chi connectivity index (χ1) is 9.48. The standard InChI is InChI=1S/C13H15FN2O3S/c14-10-2-1-3-12(8-10)20(18,19)15-6-7-16-11(9-15)4-5-13(16)17/h1-3,8,11H,4-7,9H2. The number of rotatable bonds is 2. The summed E-state index contributed by atoms with van der Waals surface area (Å²) in [6.07, 6.45) is 1.17. The van der Waals surface area contributed by atoms with Gasteiger partial charge in [0.15, 0.2) is 0 Å². The quantitative estimate of drug-likeness (QED) is 0.812. The first-order valence-corrected chi connectivity index (χ1v) is 7.98. The number of sulfonamides is 1. The van der Waals surface area contributed by atoms with E-state index in [2.05, 4.69) is 0 Å². The molecule has 2 aliphatic heterocycles. The summed E-state index contributed by atoms with van der Waals surface area (Å²) in [5, 5.41) is 0. The molecule has 2 fully saturated rings. The number of benzene rings is 1. The normalized spacial score (nSPS) is 23.9. The van der Waals surface area contributed by atoms with Crippen LogP contribution in [0.4, 0.5) is 4.39 Å². The van der Waals surface area contributed by atoms with E-state index in [-0.39, 0.29) is 23.4 Å². The zero-order chi connectivity index (χ0) is 14.3. The van der Waals surface area contributed by atoms with Crippen LogP contribution in [-0.2, 0) is 14.8 Å². The van der Waals surface area contributed by atoms with E-state index in [1.54, 1.807) is 4.90 Å². The van der Waals surface area contributed by atoms with Gasteiger partial charge in [-0.05, 0) is 24.6 Å². The second-order valence-corrected chi connectivity index (χ2v) is 7.04. The van der Waals surface area contributed by atoms with E-state index in [0.717, 1.165) is 6.07 Å². The molecule has 0 aromatic heterocycles. The van der Waals surface area contributed by atoms with Crippen molar-refractivity contribution < 1.29 is 17.6 Å². The van der Waals surface area contributed by atoms with Crippen molar-refractivity contribution in [2.45, 2.75) is 23.8 Å². The number of halogens is 1. The number of hydrogen-bond donors (Lipinski definition) is 0. The molecule has 1 aromatic carbocycles. The van der Waals surface area contributed by atoms with E-state index in [1.807, 2.05) is 0 Å². The average molecular weight is 298 g/mol. The van der Waals surface area contributed by atoms with Gasteiger partial charge in [0.05, 0.1) is 4.90 Å². The molecule has 0 bridgehead atoms. The second kappa shape index (κ2) is 4.82. The highest BCUT2D eigenvalue weighted by Crippen LogP contribution is 2.26. The molecule has 7 heteroatoms. The minimum absolute atomic E-state index is 0.0322. The Bertz CT molecular complexity index is 647. The predicted molar refractivity (Wildman–Crippen MR) is 69.9 cm³/mol. The molecule has 1 amide bonds. The average Bonchev–Trinajstić information content (AvgIpc) is 2.80. The van der Waals surface area contributed by atoms with Crippen molar-refractivity contribution in [1.29, 1.82) is 0 Å². The Morgan fingerprint density at radius 2 is 2.05 bits per heavy atom. The third-order valence-electron chi connectivity index (χ3n) is 3.89. The maximum Gasteiger partial charge on any atom is 0.243 e. The van der Waals surface area contributed by atoms with Gasteiger partial charge in [-0.3, -0.25) is 4.79 Å². The van der Waals surface area contributed by atoms with Gasteiger partial charge < -0.3 is 4.90 Å². The fraction of sp³-hybridized carbons (Fsp3) is 0.462. The number of piperazine rings is 1. The van der Waals surface area contributed by atoms with Crippen LogP contribution in [0.25, 0.3) is 0 Å². The number of amides is 1. The SMILES string of the molecule is O=C1CCC2CN(S(=O)(=O)c3cccc(F)c3)CCN12. The molecule has 2 saturated heterocycles. The van der Waals surface area contributed by atoms with Crippen LogP contribution in [-0.4, -0.2) is 49.2 Å². The summed E-state index contributed by atoms with van der Waals surface area (Å²) in [5.41, 5.74) is 0. The van der Waals surface area contributed by atoms with E-state index in [0.29, 0.717) is 25.9 Å². The van der Waals surface area contributed by atoms with Crippen LogP contribution in [0.15, 0.2) is 29.2 Å². The topological polar surface area (TPSA) is 57.7 Å². The molecule has 2 heterocycles. The number of hydrogen-bond acceptors (Lipinski definition) is 3. The zero-order valence-electron chi connectivity index (χ0n) is 10.8. The van der Waals surface area contributed by atoms with Gasteiger partial charge in [0, 0.05) is 32.1 Å². The summed E-state index contributed by atoms with van der Waals surface area (Å²) in [6.45, 7) is 0.976. The molecule has 0 spiro atoms. The highest BCUT2D eigenvalue weighted by Gasteiger charge is 2.39. The summed E-state index contributed by atoms with van der Waals surface area (Å²) in [6, 6.07) is 4.98. The largest absolute Gasteiger partial charge is 0.337 e. The third-order valence-corrected chi connectivity index (χ3v) is 5.75. The molecule has 1 unspecified atom stereocenters. The zero-order valence-corrected chi connectivity index (χ0v) is 11.6. The number of carbonyl (C=O) groups excluding carboxylic acids is 1. The summed E-state index contributed by atoms with van der Waals surface area (Å²) >= 11 is 0. The molecule has 0 saturated carbocycles. The first-order valence-electron chi connectivity index (χ1n) is 6.54. The molecule has 2 aliphatic rings. The van der Waals surface area contributed by atoms with Gasteiger partial charge in [-0.1, -0.05) is 6.07 Å². The van der Waals surface area contributed by atoms with Crippen molar-refractivity contribution in [3.05, 3.63) is 30.1 Å². The predicted octanol–water partition coefficient (Wildman–Crippen LogP) is 0.821. The molecule has 0 radical (unpaired) electrons. The Hall–Kier alpha value is -1.47. The summed E-state index contributed by atoms with van der Waals surface area (Å²) < 4.78 is 39.5. The van der Waals surface area contributed by atoms with Crippen molar-refractivity contribution in [2.24, 2.45) is 0 Å². The highest BCUT2D eigenvalue weighted by molar-refractivity contribution is 7.89. The van der Waals surface area contributed by atoms with Crippen molar-refractivity contribution in [2.75, 3.05) is 19.6 Å². The Kier molecular flexibility index (Phi) is 3.25. The molecular formula is C13H15FN2O3S. The summed E-state index contributed by atoms with van der Waals surface area (Å²) in [7, 11) is -3.69. The van der Waals surface area contributed by atoms with Crippen LogP contribution < -0.4 is 0 Å². The molecule has 108 valence electrons. The van der Waals surface area contributed by atoms with Gasteiger partial charge in [0.1, 0.15) is 5.82 Å². The molecular weight excluding hydrogens is 283 g/mol. The van der Waals surface area contributed by atoms with Gasteiger partial charge in [0.2, 0.25) is 15.9 Å². The lowest BCUT2D eigenvalue weighted by Crippen LogP contribution is -2.53. The number of carbonyl (C=O) groups is 1. The molecule has 1 aromatic rings. The van der Waals surface area contributed by atoms with Gasteiger partial charge in [-0.2, -0.15) is 4.31 Å². The molecule has 0 aliphatic carbocycles. The minimum atomic E-state index is -3.69. The van der Waals surface area contributed by atoms with Gasteiger partial charge in [-0.15, -0.1) is 0 Å². The molecule has 0 N–H and O–H groups in total. The van der Waals surface area contributed by atoms with Gasteiger partial charge in [0.25, 0.3) is 0 Å². The van der Waals surface area contributed by atoms with Crippen molar-refractivity contribution in [3.63, 3.8) is 0 Å². The Morgan fingerprint density at radius 3 is 2.80 bits per heavy atom. The lowest BCUT2D eigenvalue weighted by atomic mass is 10.2. The Morgan fingerprint density at radius 1 is 1.25 bits per heavy atom. The fourth-order valence-electron chi connectivity index (χ4n) is 2.83. The number of fused-ring (bicyclic) bond motifs is 1. The van der Waals surface area contributed by atoms with E-state index < -0.39 is 15.8 Å². The smallest absolute Gasteiger partial charge is 0.243 e. The van der Waals surface area contributed by atoms with Crippen LogP contribution in [0, 0.1) is 5.82 Å². The first kappa shape index (κ1) is 13.5. The molecule has 3 rings (SSSR count). The second-order valence-electron chi connectivity index (χ2n) is 5.10. The van der Waals surface area contributed by atoms with E-state index in [9.17, 15) is 17.6 Å². The lowest BCUT2D eigenvalue weighted by Gasteiger charge is -2.36. The molecule has 5 nitrogen and oxygen atoms in total. The van der Waals surface area contributed by atoms with Crippen LogP contribution >= 0.6 is 0 Å². The van der Waals surface area contributed by atoms with E-state index in [4.69, 9.17) is 0 Å². The van der Waals surface area contributed by atoms with E-state index in [1.165, 1.54) is 22.5 Å². The van der Waals surface area contributed by atoms with Crippen LogP contribution in [0.2, 0.25) is 0 Å². The minimum Gasteiger partial charge on any atom is -0.337 e. The summed E-state index contributed by atoms with van der Waals surface area (Å²) in [4.78, 5) is 13.3. The Balaban J connectivity index is 1.84. The maximum atomic E-state index is 13.2. The van der Waals surface area contributed by atoms with Crippen LogP contribution in [0.3, 0.4) is 0 Å². The van der Waals surface area contributed by atoms with Crippen molar-refractivity contribution in [1.82, 2.24) is 9.21 Å². The van der Waals surface area contributed by atoms with Crippen LogP contribution in [0.5, 0.6) is 0 Å². The van der Waals surface area contributed by atoms with Crippen LogP contribution in [0.1, 0.15) is 12.8 Å². The third kappa shape index (κ3) is 2.20. The molecule has 1 atom stereocenters. The van der Waals surface area contributed by atoms with E-state index >= 15 is 0 Å². The summed E-state index contributed by atoms with van der Waals surface area (Å²) in [5.74, 6) is -0.474. The fourth-order valence-corrected chi connectivity index (χ4v) is 4.33.